The second-order valence-electron chi connectivity index (χ2n) is 4.35. The largest absolute Gasteiger partial charge is 0.480 e. The number of carboxylic acid groups (broad SMARTS) is 1. The van der Waals surface area contributed by atoms with Crippen LogP contribution in [0.5, 0.6) is 0 Å². The number of rotatable bonds is 5. The van der Waals surface area contributed by atoms with Gasteiger partial charge in [-0.25, -0.2) is 0 Å². The second-order valence-corrected chi connectivity index (χ2v) is 4.35. The first-order valence-corrected chi connectivity index (χ1v) is 5.40. The summed E-state index contributed by atoms with van der Waals surface area (Å²) in [6.45, 7) is 8.15. The van der Waals surface area contributed by atoms with Crippen molar-refractivity contribution in [2.24, 2.45) is 5.92 Å². The van der Waals surface area contributed by atoms with Crippen LogP contribution in [0.4, 0.5) is 0 Å². The van der Waals surface area contributed by atoms with Gasteiger partial charge >= 0.3 is 5.97 Å². The lowest BCUT2D eigenvalue weighted by atomic mass is 10.0. The van der Waals surface area contributed by atoms with Crippen molar-refractivity contribution in [3.8, 4) is 0 Å². The summed E-state index contributed by atoms with van der Waals surface area (Å²) in [6.07, 6.45) is 0. The van der Waals surface area contributed by atoms with Gasteiger partial charge in [-0.3, -0.25) is 15.2 Å². The Bertz CT molecular complexity index is 352. The third-order valence-corrected chi connectivity index (χ3v) is 2.71. The lowest BCUT2D eigenvalue weighted by Gasteiger charge is -2.17. The molecule has 0 aliphatic carbocycles. The van der Waals surface area contributed by atoms with Gasteiger partial charge in [-0.05, 0) is 19.8 Å². The number of nitrogens with one attached hydrogen (secondary N) is 2. The number of nitrogens with zero attached hydrogens (tertiary/aromatic N) is 1. The van der Waals surface area contributed by atoms with E-state index in [-0.39, 0.29) is 5.92 Å². The maximum Gasteiger partial charge on any atom is 0.320 e. The van der Waals surface area contributed by atoms with Crippen LogP contribution >= 0.6 is 0 Å². The van der Waals surface area contributed by atoms with Crippen LogP contribution < -0.4 is 5.32 Å². The van der Waals surface area contributed by atoms with Gasteiger partial charge in [0, 0.05) is 17.8 Å². The molecule has 3 N–H and O–H groups in total. The summed E-state index contributed by atoms with van der Waals surface area (Å²) in [7, 11) is 0. The topological polar surface area (TPSA) is 78.0 Å². The zero-order chi connectivity index (χ0) is 12.3. The van der Waals surface area contributed by atoms with Gasteiger partial charge in [-0.2, -0.15) is 5.10 Å². The Labute approximate surface area is 95.3 Å². The molecule has 90 valence electrons. The number of H-pyrrole nitrogens is 1. The van der Waals surface area contributed by atoms with Crippen molar-refractivity contribution in [3.63, 3.8) is 0 Å². The minimum atomic E-state index is -0.811. The molecule has 0 fully saturated rings. The molecule has 0 saturated heterocycles. The zero-order valence-corrected chi connectivity index (χ0v) is 10.2. The van der Waals surface area contributed by atoms with Crippen LogP contribution in [0.15, 0.2) is 0 Å². The molecule has 0 spiro atoms. The van der Waals surface area contributed by atoms with Gasteiger partial charge in [0.2, 0.25) is 0 Å². The highest BCUT2D eigenvalue weighted by Gasteiger charge is 2.21. The van der Waals surface area contributed by atoms with Crippen LogP contribution in [0, 0.1) is 19.8 Å². The molecule has 5 heteroatoms. The number of hydrogen-bond donors (Lipinski definition) is 3. The van der Waals surface area contributed by atoms with Gasteiger partial charge in [0.15, 0.2) is 0 Å². The average molecular weight is 225 g/mol. The highest BCUT2D eigenvalue weighted by molar-refractivity contribution is 5.73. The molecule has 0 aliphatic heterocycles. The molecule has 1 rings (SSSR count). The fourth-order valence-corrected chi connectivity index (χ4v) is 1.65. The van der Waals surface area contributed by atoms with Crippen LogP contribution in [-0.4, -0.2) is 27.3 Å². The zero-order valence-electron chi connectivity index (χ0n) is 10.2. The number of carboxylic acids is 1. The molecule has 1 heterocycles. The summed E-state index contributed by atoms with van der Waals surface area (Å²) < 4.78 is 0. The Morgan fingerprint density at radius 2 is 2.12 bits per heavy atom. The predicted molar refractivity (Wildman–Crippen MR) is 61.2 cm³/mol. The summed E-state index contributed by atoms with van der Waals surface area (Å²) in [6, 6.07) is -0.520. The van der Waals surface area contributed by atoms with Gasteiger partial charge < -0.3 is 5.11 Å². The van der Waals surface area contributed by atoms with Crippen LogP contribution in [-0.2, 0) is 11.3 Å². The van der Waals surface area contributed by atoms with Gasteiger partial charge in [-0.1, -0.05) is 13.8 Å². The van der Waals surface area contributed by atoms with Gasteiger partial charge in [0.05, 0.1) is 5.69 Å². The molecule has 0 bridgehead atoms. The average Bonchev–Trinajstić information content (AvgIpc) is 2.47. The third-order valence-electron chi connectivity index (χ3n) is 2.71. The molecule has 16 heavy (non-hydrogen) atoms. The van der Waals surface area contributed by atoms with Crippen LogP contribution in [0.3, 0.4) is 0 Å². The minimum absolute atomic E-state index is 0.0602. The number of aromatic amines is 1. The minimum Gasteiger partial charge on any atom is -0.480 e. The second kappa shape index (κ2) is 5.12. The first-order chi connectivity index (χ1) is 7.43. The normalized spacial score (nSPS) is 13.1. The molecular formula is C11H19N3O2. The van der Waals surface area contributed by atoms with Crippen LogP contribution in [0.25, 0.3) is 0 Å². The Hall–Kier alpha value is -1.36. The number of aromatic nitrogens is 2. The fourth-order valence-electron chi connectivity index (χ4n) is 1.65. The maximum absolute atomic E-state index is 11.0. The van der Waals surface area contributed by atoms with E-state index in [1.54, 1.807) is 0 Å². The summed E-state index contributed by atoms with van der Waals surface area (Å²) in [5.74, 6) is -0.751. The molecule has 1 aromatic heterocycles. The molecule has 0 aliphatic rings. The molecule has 0 saturated carbocycles. The maximum atomic E-state index is 11.0. The standard InChI is InChI=1S/C11H19N3O2/c1-6(2)10(11(15)16)12-5-9-7(3)13-14-8(9)4/h6,10,12H,5H2,1-4H3,(H,13,14)(H,15,16). The summed E-state index contributed by atoms with van der Waals surface area (Å²) in [5.41, 5.74) is 2.95. The lowest BCUT2D eigenvalue weighted by Crippen LogP contribution is -2.40. The molecule has 0 radical (unpaired) electrons. The molecule has 1 atom stereocenters. The molecule has 5 nitrogen and oxygen atoms in total. The van der Waals surface area contributed by atoms with Crippen LogP contribution in [0.2, 0.25) is 0 Å². The highest BCUT2D eigenvalue weighted by atomic mass is 16.4. The van der Waals surface area contributed by atoms with E-state index in [0.29, 0.717) is 6.54 Å². The van der Waals surface area contributed by atoms with E-state index >= 15 is 0 Å². The van der Waals surface area contributed by atoms with Gasteiger partial charge in [0.25, 0.3) is 0 Å². The number of carbonyl (C=O) groups is 1. The molecule has 0 aromatic carbocycles. The van der Waals surface area contributed by atoms with Crippen molar-refractivity contribution in [1.82, 2.24) is 15.5 Å². The Morgan fingerprint density at radius 3 is 2.50 bits per heavy atom. The fraction of sp³-hybridized carbons (Fsp3) is 0.636. The third kappa shape index (κ3) is 2.82. The van der Waals surface area contributed by atoms with E-state index < -0.39 is 12.0 Å². The van der Waals surface area contributed by atoms with Crippen molar-refractivity contribution in [3.05, 3.63) is 17.0 Å². The Morgan fingerprint density at radius 1 is 1.50 bits per heavy atom. The van der Waals surface area contributed by atoms with Crippen molar-refractivity contribution in [2.75, 3.05) is 0 Å². The van der Waals surface area contributed by atoms with E-state index in [1.165, 1.54) is 0 Å². The quantitative estimate of drug-likeness (QED) is 0.704. The van der Waals surface area contributed by atoms with Crippen molar-refractivity contribution < 1.29 is 9.90 Å². The molecular weight excluding hydrogens is 206 g/mol. The number of aliphatic carboxylic acids is 1. The molecule has 0 amide bonds. The van der Waals surface area contributed by atoms with Crippen molar-refractivity contribution in [1.29, 1.82) is 0 Å². The smallest absolute Gasteiger partial charge is 0.320 e. The van der Waals surface area contributed by atoms with Gasteiger partial charge in [-0.15, -0.1) is 0 Å². The van der Waals surface area contributed by atoms with Crippen molar-refractivity contribution in [2.45, 2.75) is 40.3 Å². The molecule has 1 aromatic rings. The number of aryl methyl sites for hydroxylation is 2. The van der Waals surface area contributed by atoms with Crippen molar-refractivity contribution >= 4 is 5.97 Å². The first-order valence-electron chi connectivity index (χ1n) is 5.40. The van der Waals surface area contributed by atoms with Gasteiger partial charge in [0.1, 0.15) is 6.04 Å². The molecule has 1 unspecified atom stereocenters. The van der Waals surface area contributed by atoms with E-state index in [4.69, 9.17) is 5.11 Å². The summed E-state index contributed by atoms with van der Waals surface area (Å²) in [4.78, 5) is 11.0. The van der Waals surface area contributed by atoms with E-state index in [2.05, 4.69) is 15.5 Å². The van der Waals surface area contributed by atoms with E-state index in [0.717, 1.165) is 17.0 Å². The summed E-state index contributed by atoms with van der Waals surface area (Å²) >= 11 is 0. The predicted octanol–water partition coefficient (Wildman–Crippen LogP) is 1.23. The SMILES string of the molecule is Cc1n[nH]c(C)c1CNC(C(=O)O)C(C)C. The first kappa shape index (κ1) is 12.7. The van der Waals surface area contributed by atoms with E-state index in [1.807, 2.05) is 27.7 Å². The highest BCUT2D eigenvalue weighted by Crippen LogP contribution is 2.10. The Kier molecular flexibility index (Phi) is 4.06. The number of hydrogen-bond acceptors (Lipinski definition) is 3. The summed E-state index contributed by atoms with van der Waals surface area (Å²) in [5, 5.41) is 19.0. The van der Waals surface area contributed by atoms with Crippen LogP contribution in [0.1, 0.15) is 30.8 Å². The lowest BCUT2D eigenvalue weighted by molar-refractivity contribution is -0.140. The Balaban J connectivity index is 2.66. The monoisotopic (exact) mass is 225 g/mol. The van der Waals surface area contributed by atoms with E-state index in [9.17, 15) is 4.79 Å².